The Morgan fingerprint density at radius 1 is 0.552 bits per heavy atom. The molecule has 13 heteroatoms. The number of benzene rings is 4. The Morgan fingerprint density at radius 2 is 0.931 bits per heavy atom. The Balaban J connectivity index is 0.000000405. The molecule has 0 aliphatic heterocycles. The number of hydrogen-bond donors (Lipinski definition) is 6. The summed E-state index contributed by atoms with van der Waals surface area (Å²) < 4.78 is 5.31. The van der Waals surface area contributed by atoms with Crippen molar-refractivity contribution in [3.63, 3.8) is 0 Å². The molecule has 7 N–H and O–H groups in total. The van der Waals surface area contributed by atoms with Crippen molar-refractivity contribution in [2.45, 2.75) is 104 Å². The third-order valence-electron chi connectivity index (χ3n) is 7.73. The molecule has 12 nitrogen and oxygen atoms in total. The highest BCUT2D eigenvalue weighted by Gasteiger charge is 2.25. The molecule has 0 bridgehead atoms. The zero-order valence-corrected chi connectivity index (χ0v) is 35.7. The third kappa shape index (κ3) is 18.5. The maximum absolute atomic E-state index is 13.0. The van der Waals surface area contributed by atoms with Crippen LogP contribution in [-0.2, 0) is 27.2 Å². The number of rotatable bonds is 11. The van der Waals surface area contributed by atoms with Crippen molar-refractivity contribution in [1.82, 2.24) is 16.0 Å². The van der Waals surface area contributed by atoms with Crippen LogP contribution in [0.25, 0.3) is 0 Å². The van der Waals surface area contributed by atoms with E-state index in [1.165, 1.54) is 0 Å². The van der Waals surface area contributed by atoms with Crippen LogP contribution in [0.4, 0.5) is 16.2 Å². The van der Waals surface area contributed by atoms with E-state index in [0.717, 1.165) is 11.1 Å². The summed E-state index contributed by atoms with van der Waals surface area (Å²) in [5.41, 5.74) is 8.73. The van der Waals surface area contributed by atoms with Gasteiger partial charge in [0.2, 0.25) is 11.8 Å². The molecule has 5 amide bonds. The van der Waals surface area contributed by atoms with Crippen molar-refractivity contribution >= 4 is 53.5 Å². The smallest absolute Gasteiger partial charge is 0.408 e. The molecule has 0 saturated carbocycles. The highest BCUT2D eigenvalue weighted by atomic mass is 35.5. The fraction of sp³-hybridized carbons (Fsp3) is 0.356. The highest BCUT2D eigenvalue weighted by Crippen LogP contribution is 2.15. The number of halogens is 1. The summed E-state index contributed by atoms with van der Waals surface area (Å²) in [4.78, 5) is 61.8. The monoisotopic (exact) mass is 814 g/mol. The second-order valence-electron chi connectivity index (χ2n) is 16.7. The number of amides is 5. The molecule has 4 aromatic rings. The Morgan fingerprint density at radius 3 is 1.31 bits per heavy atom. The van der Waals surface area contributed by atoms with Gasteiger partial charge in [-0.2, -0.15) is 0 Å². The molecule has 312 valence electrons. The molecule has 0 aliphatic carbocycles. The van der Waals surface area contributed by atoms with Crippen molar-refractivity contribution in [2.75, 3.05) is 10.6 Å². The fourth-order valence-electron chi connectivity index (χ4n) is 5.17. The minimum Gasteiger partial charge on any atom is -0.444 e. The molecule has 0 aliphatic rings. The van der Waals surface area contributed by atoms with Gasteiger partial charge in [-0.1, -0.05) is 60.7 Å². The van der Waals surface area contributed by atoms with Crippen LogP contribution in [0.5, 0.6) is 0 Å². The van der Waals surface area contributed by atoms with Crippen LogP contribution >= 0.6 is 12.4 Å². The number of anilines is 2. The van der Waals surface area contributed by atoms with Crippen molar-refractivity contribution in [3.8, 4) is 0 Å². The second kappa shape index (κ2) is 21.7. The Labute approximate surface area is 348 Å². The number of hydrogen-bond acceptors (Lipinski definition) is 7. The average Bonchev–Trinajstić information content (AvgIpc) is 3.11. The van der Waals surface area contributed by atoms with Crippen molar-refractivity contribution in [2.24, 2.45) is 5.73 Å². The fourth-order valence-corrected chi connectivity index (χ4v) is 5.17. The minimum atomic E-state index is -0.837. The Hall–Kier alpha value is -5.72. The molecule has 0 saturated heterocycles. The van der Waals surface area contributed by atoms with E-state index in [9.17, 15) is 24.0 Å². The lowest BCUT2D eigenvalue weighted by Crippen LogP contribution is -2.47. The van der Waals surface area contributed by atoms with Crippen LogP contribution in [0.15, 0.2) is 109 Å². The summed E-state index contributed by atoms with van der Waals surface area (Å²) in [7, 11) is 0. The first-order chi connectivity index (χ1) is 26.6. The van der Waals surface area contributed by atoms with Gasteiger partial charge >= 0.3 is 6.09 Å². The number of carbonyl (C=O) groups is 5. The molecule has 0 spiro atoms. The van der Waals surface area contributed by atoms with Gasteiger partial charge in [-0.25, -0.2) is 4.79 Å². The van der Waals surface area contributed by atoms with Crippen molar-refractivity contribution in [1.29, 1.82) is 0 Å². The van der Waals surface area contributed by atoms with Crippen molar-refractivity contribution < 1.29 is 28.7 Å². The minimum absolute atomic E-state index is 0. The molecule has 0 radical (unpaired) electrons. The molecule has 58 heavy (non-hydrogen) atoms. The standard InChI is InChI=1S/C25H33N3O4.C20H25N3O2.ClH/c1-24(2,3)28-21(29)18-12-14-19(15-13-18)26-22(30)20(16-17-10-8-7-9-11-17)27-23(31)32-25(4,5)6;1-20(2,3)23-18(24)15-9-11-16(12-10-15)22-19(25)17(21)13-14-7-5-4-6-8-14;/h7-15,20H,16H2,1-6H3,(H,26,30)(H,27,31)(H,28,29);4-12,17H,13,21H2,1-3H3,(H,22,25)(H,23,24);1H/t20-;17-;/m00./s1. The lowest BCUT2D eigenvalue weighted by molar-refractivity contribution is -0.118. The Bertz CT molecular complexity index is 1940. The van der Waals surface area contributed by atoms with Gasteiger partial charge in [-0.15, -0.1) is 12.4 Å². The molecule has 0 heterocycles. The van der Waals surface area contributed by atoms with Crippen LogP contribution in [0.3, 0.4) is 0 Å². The molecule has 0 fully saturated rings. The van der Waals surface area contributed by atoms with Crippen LogP contribution in [-0.4, -0.2) is 58.5 Å². The summed E-state index contributed by atoms with van der Waals surface area (Å²) >= 11 is 0. The molecule has 2 atom stereocenters. The quantitative estimate of drug-likeness (QED) is 0.0911. The van der Waals surface area contributed by atoms with Crippen molar-refractivity contribution in [3.05, 3.63) is 131 Å². The molecule has 4 aromatic carbocycles. The highest BCUT2D eigenvalue weighted by molar-refractivity contribution is 5.99. The third-order valence-corrected chi connectivity index (χ3v) is 7.73. The summed E-state index contributed by atoms with van der Waals surface area (Å²) in [6, 6.07) is 30.9. The van der Waals surface area contributed by atoms with Gasteiger partial charge in [0, 0.05) is 40.0 Å². The van der Waals surface area contributed by atoms with E-state index in [1.807, 2.05) is 102 Å². The van der Waals surface area contributed by atoms with E-state index >= 15 is 0 Å². The zero-order valence-electron chi connectivity index (χ0n) is 34.9. The summed E-state index contributed by atoms with van der Waals surface area (Å²) in [5, 5.41) is 14.0. The number of nitrogens with two attached hydrogens (primary N) is 1. The summed E-state index contributed by atoms with van der Waals surface area (Å²) in [6.07, 6.45) is 0.110. The Kier molecular flexibility index (Phi) is 18.1. The van der Waals surface area contributed by atoms with Gasteiger partial charge in [0.05, 0.1) is 6.04 Å². The van der Waals surface area contributed by atoms with Gasteiger partial charge in [0.15, 0.2) is 0 Å². The normalized spacial score (nSPS) is 12.2. The maximum atomic E-state index is 13.0. The molecule has 0 aromatic heterocycles. The lowest BCUT2D eigenvalue weighted by Gasteiger charge is -2.23. The molecular weight excluding hydrogens is 756 g/mol. The van der Waals surface area contributed by atoms with E-state index in [0.29, 0.717) is 35.3 Å². The predicted octanol–water partition coefficient (Wildman–Crippen LogP) is 7.43. The van der Waals surface area contributed by atoms with Gasteiger partial charge in [0.1, 0.15) is 11.6 Å². The van der Waals surface area contributed by atoms with Gasteiger partial charge < -0.3 is 37.1 Å². The summed E-state index contributed by atoms with van der Waals surface area (Å²) in [6.45, 7) is 16.8. The first-order valence-electron chi connectivity index (χ1n) is 18.9. The van der Waals surface area contributed by atoms with E-state index in [-0.39, 0.29) is 47.1 Å². The number of alkyl carbamates (subject to hydrolysis) is 1. The largest absolute Gasteiger partial charge is 0.444 e. The van der Waals surface area contributed by atoms with E-state index < -0.39 is 23.8 Å². The summed E-state index contributed by atoms with van der Waals surface area (Å²) in [5.74, 6) is -0.975. The number of ether oxygens (including phenoxy) is 1. The maximum Gasteiger partial charge on any atom is 0.408 e. The van der Waals surface area contributed by atoms with E-state index in [4.69, 9.17) is 10.5 Å². The van der Waals surface area contributed by atoms with Gasteiger partial charge in [-0.3, -0.25) is 19.2 Å². The SMILES string of the molecule is CC(C)(C)NC(=O)c1ccc(NC(=O)[C@@H](N)Cc2ccccc2)cc1.CC(C)(C)NC(=O)c1ccc(NC(=O)[C@H](Cc2ccccc2)NC(=O)OC(C)(C)C)cc1.Cl. The van der Waals surface area contributed by atoms with Crippen LogP contribution < -0.4 is 32.3 Å². The molecular formula is C45H59ClN6O6. The number of carbonyl (C=O) groups excluding carboxylic acids is 5. The predicted molar refractivity (Wildman–Crippen MR) is 233 cm³/mol. The first-order valence-corrected chi connectivity index (χ1v) is 18.9. The lowest BCUT2D eigenvalue weighted by atomic mass is 10.0. The topological polar surface area (TPSA) is 181 Å². The van der Waals surface area contributed by atoms with Crippen LogP contribution in [0, 0.1) is 0 Å². The molecule has 4 rings (SSSR count). The van der Waals surface area contributed by atoms with E-state index in [2.05, 4.69) is 26.6 Å². The van der Waals surface area contributed by atoms with Gasteiger partial charge in [-0.05, 0) is 128 Å². The second-order valence-corrected chi connectivity index (χ2v) is 16.7. The van der Waals surface area contributed by atoms with E-state index in [1.54, 1.807) is 69.3 Å². The average molecular weight is 815 g/mol. The van der Waals surface area contributed by atoms with Crippen LogP contribution in [0.2, 0.25) is 0 Å². The number of nitrogens with one attached hydrogen (secondary N) is 5. The first kappa shape index (κ1) is 48.4. The zero-order chi connectivity index (χ0) is 42.4. The van der Waals surface area contributed by atoms with Crippen LogP contribution in [0.1, 0.15) is 94.2 Å². The van der Waals surface area contributed by atoms with Gasteiger partial charge in [0.25, 0.3) is 11.8 Å². The molecule has 0 unspecified atom stereocenters.